The summed E-state index contributed by atoms with van der Waals surface area (Å²) in [6.07, 6.45) is 0.908. The summed E-state index contributed by atoms with van der Waals surface area (Å²) in [6.45, 7) is 5.84. The van der Waals surface area contributed by atoms with Crippen LogP contribution < -0.4 is 10.5 Å². The zero-order chi connectivity index (χ0) is 12.6. The van der Waals surface area contributed by atoms with Crippen LogP contribution in [0.4, 0.5) is 10.5 Å². The lowest BCUT2D eigenvalue weighted by Gasteiger charge is -2.28. The van der Waals surface area contributed by atoms with Crippen LogP contribution in [0.1, 0.15) is 33.0 Å². The summed E-state index contributed by atoms with van der Waals surface area (Å²) in [6, 6.07) is 0. The first kappa shape index (κ1) is 11.8. The molecule has 0 atom stereocenters. The Morgan fingerprint density at radius 1 is 1.47 bits per heavy atom. The number of aryl methyl sites for hydroxylation is 1. The molecule has 0 bridgehead atoms. The minimum atomic E-state index is -0.578. The molecule has 6 nitrogen and oxygen atoms in total. The number of H-pyrrole nitrogens is 1. The summed E-state index contributed by atoms with van der Waals surface area (Å²) >= 11 is 0. The summed E-state index contributed by atoms with van der Waals surface area (Å²) < 4.78 is 10.3. The van der Waals surface area contributed by atoms with E-state index in [1.54, 1.807) is 20.8 Å². The molecule has 0 fully saturated rings. The average molecular weight is 240 g/mol. The number of aromatic nitrogens is 1. The highest BCUT2D eigenvalue weighted by molar-refractivity contribution is 5.88. The Bertz CT molecular complexity index is 480. The number of fused-ring (bicyclic) bond motifs is 1. The van der Waals surface area contributed by atoms with Crippen molar-refractivity contribution < 1.29 is 14.1 Å². The molecule has 2 heterocycles. The van der Waals surface area contributed by atoms with Gasteiger partial charge in [-0.15, -0.1) is 0 Å². The summed E-state index contributed by atoms with van der Waals surface area (Å²) in [4.78, 5) is 24.8. The molecule has 94 valence electrons. The van der Waals surface area contributed by atoms with E-state index in [0.29, 0.717) is 18.7 Å². The standard InChI is InChI=1S/C11H16N2O4/c1-11(2,3)16-10(15)13-6-4-5-7-8(13)9(14)12-17-7/h4-6H2,1-3H3,(H,12,14). The number of hydrogen-bond donors (Lipinski definition) is 1. The zero-order valence-corrected chi connectivity index (χ0v) is 10.2. The number of anilines is 1. The van der Waals surface area contributed by atoms with Crippen LogP contribution >= 0.6 is 0 Å². The highest BCUT2D eigenvalue weighted by Gasteiger charge is 2.31. The van der Waals surface area contributed by atoms with Crippen molar-refractivity contribution in [2.75, 3.05) is 11.4 Å². The van der Waals surface area contributed by atoms with Crippen molar-refractivity contribution in [3.05, 3.63) is 16.1 Å². The molecule has 1 aliphatic heterocycles. The molecule has 0 radical (unpaired) electrons. The molecule has 1 aliphatic rings. The highest BCUT2D eigenvalue weighted by atomic mass is 16.6. The highest BCUT2D eigenvalue weighted by Crippen LogP contribution is 2.24. The van der Waals surface area contributed by atoms with Gasteiger partial charge in [-0.05, 0) is 27.2 Å². The molecule has 0 unspecified atom stereocenters. The number of carbonyl (C=O) groups excluding carboxylic acids is 1. The third kappa shape index (κ3) is 2.35. The fourth-order valence-corrected chi connectivity index (χ4v) is 1.78. The van der Waals surface area contributed by atoms with Gasteiger partial charge in [0, 0.05) is 13.0 Å². The molecular formula is C11H16N2O4. The van der Waals surface area contributed by atoms with Crippen molar-refractivity contribution >= 4 is 11.8 Å². The number of rotatable bonds is 0. The van der Waals surface area contributed by atoms with E-state index in [-0.39, 0.29) is 11.2 Å². The Balaban J connectivity index is 2.27. The molecule has 17 heavy (non-hydrogen) atoms. The second-order valence-corrected chi connectivity index (χ2v) is 5.04. The third-order valence-corrected chi connectivity index (χ3v) is 2.42. The van der Waals surface area contributed by atoms with E-state index in [2.05, 4.69) is 5.16 Å². The number of nitrogens with one attached hydrogen (secondary N) is 1. The monoisotopic (exact) mass is 240 g/mol. The number of amides is 1. The second kappa shape index (κ2) is 3.94. The third-order valence-electron chi connectivity index (χ3n) is 2.42. The molecule has 1 aromatic rings. The fourth-order valence-electron chi connectivity index (χ4n) is 1.78. The molecule has 0 saturated heterocycles. The van der Waals surface area contributed by atoms with E-state index >= 15 is 0 Å². The molecular weight excluding hydrogens is 224 g/mol. The van der Waals surface area contributed by atoms with Crippen molar-refractivity contribution in [1.29, 1.82) is 0 Å². The SMILES string of the molecule is CC(C)(C)OC(=O)N1CCCc2o[nH]c(=O)c21. The van der Waals surface area contributed by atoms with Gasteiger partial charge < -0.3 is 9.26 Å². The van der Waals surface area contributed by atoms with Crippen molar-refractivity contribution in [1.82, 2.24) is 5.16 Å². The summed E-state index contributed by atoms with van der Waals surface area (Å²) in [5, 5.41) is 2.25. The van der Waals surface area contributed by atoms with E-state index in [0.717, 1.165) is 6.42 Å². The van der Waals surface area contributed by atoms with Gasteiger partial charge in [0.05, 0.1) is 0 Å². The van der Waals surface area contributed by atoms with Crippen molar-refractivity contribution in [2.45, 2.75) is 39.2 Å². The number of ether oxygens (including phenoxy) is 1. The van der Waals surface area contributed by atoms with E-state index in [9.17, 15) is 9.59 Å². The Labute approximate surface area is 98.5 Å². The molecule has 1 aromatic heterocycles. The summed E-state index contributed by atoms with van der Waals surface area (Å²) in [7, 11) is 0. The van der Waals surface area contributed by atoms with E-state index in [4.69, 9.17) is 9.26 Å². The first-order chi connectivity index (χ1) is 7.88. The maximum Gasteiger partial charge on any atom is 0.415 e. The maximum absolute atomic E-state index is 11.9. The predicted octanol–water partition coefficient (Wildman–Crippen LogP) is 1.66. The average Bonchev–Trinajstić information content (AvgIpc) is 2.58. The van der Waals surface area contributed by atoms with Crippen LogP contribution in [0.25, 0.3) is 0 Å². The van der Waals surface area contributed by atoms with E-state index < -0.39 is 11.7 Å². The van der Waals surface area contributed by atoms with Gasteiger partial charge in [0.15, 0.2) is 11.4 Å². The van der Waals surface area contributed by atoms with Gasteiger partial charge in [0.25, 0.3) is 0 Å². The Morgan fingerprint density at radius 2 is 2.18 bits per heavy atom. The van der Waals surface area contributed by atoms with Gasteiger partial charge in [0.1, 0.15) is 5.60 Å². The molecule has 2 rings (SSSR count). The molecule has 0 spiro atoms. The first-order valence-corrected chi connectivity index (χ1v) is 5.59. The zero-order valence-electron chi connectivity index (χ0n) is 10.2. The van der Waals surface area contributed by atoms with Crippen molar-refractivity contribution in [3.8, 4) is 0 Å². The van der Waals surface area contributed by atoms with E-state index in [1.165, 1.54) is 4.90 Å². The smallest absolute Gasteiger partial charge is 0.415 e. The van der Waals surface area contributed by atoms with Crippen LogP contribution in [0.2, 0.25) is 0 Å². The van der Waals surface area contributed by atoms with Gasteiger partial charge in [-0.25, -0.2) is 4.79 Å². The lowest BCUT2D eigenvalue weighted by Crippen LogP contribution is -2.41. The molecule has 6 heteroatoms. The van der Waals surface area contributed by atoms with Crippen LogP contribution in [0.5, 0.6) is 0 Å². The Hall–Kier alpha value is -1.72. The van der Waals surface area contributed by atoms with Gasteiger partial charge in [-0.2, -0.15) is 5.16 Å². The summed E-state index contributed by atoms with van der Waals surface area (Å²) in [5.74, 6) is 0.520. The van der Waals surface area contributed by atoms with Crippen LogP contribution in [0.15, 0.2) is 9.32 Å². The van der Waals surface area contributed by atoms with Crippen LogP contribution in [0, 0.1) is 0 Å². The number of hydrogen-bond acceptors (Lipinski definition) is 4. The van der Waals surface area contributed by atoms with Gasteiger partial charge in [-0.1, -0.05) is 0 Å². The fraction of sp³-hybridized carbons (Fsp3) is 0.636. The minimum Gasteiger partial charge on any atom is -0.443 e. The lowest BCUT2D eigenvalue weighted by atomic mass is 10.1. The maximum atomic E-state index is 11.9. The normalized spacial score (nSPS) is 15.6. The van der Waals surface area contributed by atoms with Crippen molar-refractivity contribution in [2.24, 2.45) is 0 Å². The quantitative estimate of drug-likeness (QED) is 0.748. The van der Waals surface area contributed by atoms with Crippen LogP contribution in [-0.2, 0) is 11.2 Å². The molecule has 1 amide bonds. The Kier molecular flexibility index (Phi) is 2.73. The molecule has 0 aromatic carbocycles. The molecule has 1 N–H and O–H groups in total. The number of aromatic amines is 1. The first-order valence-electron chi connectivity index (χ1n) is 5.59. The number of nitrogens with zero attached hydrogens (tertiary/aromatic N) is 1. The topological polar surface area (TPSA) is 75.5 Å². The summed E-state index contributed by atoms with van der Waals surface area (Å²) in [5.41, 5.74) is -0.679. The second-order valence-electron chi connectivity index (χ2n) is 5.04. The van der Waals surface area contributed by atoms with E-state index in [1.807, 2.05) is 0 Å². The molecule has 0 saturated carbocycles. The van der Waals surface area contributed by atoms with Crippen LogP contribution in [0.3, 0.4) is 0 Å². The van der Waals surface area contributed by atoms with Gasteiger partial charge >= 0.3 is 11.7 Å². The minimum absolute atomic E-state index is 0.283. The van der Waals surface area contributed by atoms with Crippen molar-refractivity contribution in [3.63, 3.8) is 0 Å². The number of carbonyl (C=O) groups is 1. The lowest BCUT2D eigenvalue weighted by molar-refractivity contribution is 0.0576. The van der Waals surface area contributed by atoms with Crippen LogP contribution in [-0.4, -0.2) is 23.4 Å². The largest absolute Gasteiger partial charge is 0.443 e. The van der Waals surface area contributed by atoms with Gasteiger partial charge in [0.2, 0.25) is 0 Å². The molecule has 0 aliphatic carbocycles. The van der Waals surface area contributed by atoms with Gasteiger partial charge in [-0.3, -0.25) is 9.69 Å². The Morgan fingerprint density at radius 3 is 2.82 bits per heavy atom. The predicted molar refractivity (Wildman–Crippen MR) is 61.2 cm³/mol.